The van der Waals surface area contributed by atoms with Gasteiger partial charge in [-0.05, 0) is 18.2 Å². The summed E-state index contributed by atoms with van der Waals surface area (Å²) in [6, 6.07) is 15.5. The van der Waals surface area contributed by atoms with Gasteiger partial charge in [0.05, 0.1) is 5.56 Å². The molecule has 1 radical (unpaired) electrons. The first-order chi connectivity index (χ1) is 7.29. The Bertz CT molecular complexity index is 477. The summed E-state index contributed by atoms with van der Waals surface area (Å²) in [5, 5.41) is 0. The molecule has 0 saturated heterocycles. The molecule has 15 heavy (non-hydrogen) atoms. The zero-order valence-electron chi connectivity index (χ0n) is 7.91. The molecule has 0 atom stereocenters. The monoisotopic (exact) mass is 199 g/mol. The SMILES string of the molecule is O=C(c1[c]cccc1)c1ccccc1F. The smallest absolute Gasteiger partial charge is 0.196 e. The van der Waals surface area contributed by atoms with Crippen LogP contribution in [0.3, 0.4) is 0 Å². The van der Waals surface area contributed by atoms with Gasteiger partial charge in [0.2, 0.25) is 0 Å². The standard InChI is InChI=1S/C13H8FO/c14-12-9-5-4-8-11(12)13(15)10-6-2-1-3-7-10/h1-6,8-9H. The third-order valence-corrected chi connectivity index (χ3v) is 2.07. The molecule has 0 fully saturated rings. The van der Waals surface area contributed by atoms with Crippen LogP contribution in [0.4, 0.5) is 4.39 Å². The van der Waals surface area contributed by atoms with Crippen LogP contribution in [0.5, 0.6) is 0 Å². The van der Waals surface area contributed by atoms with E-state index >= 15 is 0 Å². The van der Waals surface area contributed by atoms with Crippen molar-refractivity contribution < 1.29 is 9.18 Å². The van der Waals surface area contributed by atoms with E-state index in [0.717, 1.165) is 0 Å². The van der Waals surface area contributed by atoms with Gasteiger partial charge in [0.1, 0.15) is 5.82 Å². The summed E-state index contributed by atoms with van der Waals surface area (Å²) < 4.78 is 13.3. The van der Waals surface area contributed by atoms with E-state index in [-0.39, 0.29) is 11.3 Å². The highest BCUT2D eigenvalue weighted by Crippen LogP contribution is 2.12. The molecule has 2 rings (SSSR count). The van der Waals surface area contributed by atoms with Crippen LogP contribution in [-0.2, 0) is 0 Å². The van der Waals surface area contributed by atoms with Crippen LogP contribution in [0, 0.1) is 11.9 Å². The third kappa shape index (κ3) is 1.94. The molecule has 2 aromatic rings. The Morgan fingerprint density at radius 2 is 1.80 bits per heavy atom. The second kappa shape index (κ2) is 4.05. The number of hydrogen-bond acceptors (Lipinski definition) is 1. The Hall–Kier alpha value is -1.96. The Balaban J connectivity index is 2.42. The molecule has 0 saturated carbocycles. The van der Waals surface area contributed by atoms with Gasteiger partial charge in [-0.1, -0.05) is 36.4 Å². The Morgan fingerprint density at radius 3 is 2.47 bits per heavy atom. The number of carbonyl (C=O) groups is 1. The van der Waals surface area contributed by atoms with E-state index in [2.05, 4.69) is 6.07 Å². The number of hydrogen-bond donors (Lipinski definition) is 0. The molecule has 73 valence electrons. The van der Waals surface area contributed by atoms with Gasteiger partial charge in [-0.25, -0.2) is 4.39 Å². The zero-order valence-corrected chi connectivity index (χ0v) is 7.91. The molecule has 0 N–H and O–H groups in total. The molecule has 0 spiro atoms. The van der Waals surface area contributed by atoms with Crippen LogP contribution in [0.2, 0.25) is 0 Å². The highest BCUT2D eigenvalue weighted by molar-refractivity contribution is 6.08. The topological polar surface area (TPSA) is 17.1 Å². The highest BCUT2D eigenvalue weighted by atomic mass is 19.1. The van der Waals surface area contributed by atoms with Gasteiger partial charge in [0, 0.05) is 5.56 Å². The highest BCUT2D eigenvalue weighted by Gasteiger charge is 2.12. The number of carbonyl (C=O) groups excluding carboxylic acids is 1. The number of benzene rings is 2. The third-order valence-electron chi connectivity index (χ3n) is 2.07. The fourth-order valence-electron chi connectivity index (χ4n) is 1.33. The van der Waals surface area contributed by atoms with Crippen molar-refractivity contribution >= 4 is 5.78 Å². The van der Waals surface area contributed by atoms with Crippen molar-refractivity contribution in [2.45, 2.75) is 0 Å². The lowest BCUT2D eigenvalue weighted by Gasteiger charge is -2.01. The molecule has 0 bridgehead atoms. The van der Waals surface area contributed by atoms with Crippen LogP contribution < -0.4 is 0 Å². The Morgan fingerprint density at radius 1 is 1.07 bits per heavy atom. The van der Waals surface area contributed by atoms with Crippen LogP contribution in [-0.4, -0.2) is 5.78 Å². The molecule has 0 amide bonds. The number of halogens is 1. The van der Waals surface area contributed by atoms with Crippen LogP contribution in [0.25, 0.3) is 0 Å². The fraction of sp³-hybridized carbons (Fsp3) is 0. The molecule has 0 aliphatic carbocycles. The van der Waals surface area contributed by atoms with E-state index in [1.54, 1.807) is 36.4 Å². The first kappa shape index (κ1) is 9.59. The molecule has 0 heterocycles. The summed E-state index contributed by atoms with van der Waals surface area (Å²) in [7, 11) is 0. The van der Waals surface area contributed by atoms with Crippen molar-refractivity contribution in [3.63, 3.8) is 0 Å². The van der Waals surface area contributed by atoms with Gasteiger partial charge in [0.25, 0.3) is 0 Å². The lowest BCUT2D eigenvalue weighted by molar-refractivity contribution is 0.103. The molecule has 1 nitrogen and oxygen atoms in total. The van der Waals surface area contributed by atoms with Gasteiger partial charge < -0.3 is 0 Å². The van der Waals surface area contributed by atoms with Crippen molar-refractivity contribution in [1.29, 1.82) is 0 Å². The van der Waals surface area contributed by atoms with Gasteiger partial charge >= 0.3 is 0 Å². The van der Waals surface area contributed by atoms with Gasteiger partial charge in [-0.2, -0.15) is 0 Å². The fourth-order valence-corrected chi connectivity index (χ4v) is 1.33. The van der Waals surface area contributed by atoms with Gasteiger partial charge in [0.15, 0.2) is 5.78 Å². The van der Waals surface area contributed by atoms with Gasteiger partial charge in [-0.3, -0.25) is 4.79 Å². The van der Waals surface area contributed by atoms with Crippen molar-refractivity contribution in [3.05, 3.63) is 71.5 Å². The molecular weight excluding hydrogens is 191 g/mol. The minimum atomic E-state index is -0.500. The lowest BCUT2D eigenvalue weighted by Crippen LogP contribution is -2.03. The predicted molar refractivity (Wildman–Crippen MR) is 55.1 cm³/mol. The average Bonchev–Trinajstić information content (AvgIpc) is 2.30. The van der Waals surface area contributed by atoms with E-state index < -0.39 is 5.82 Å². The summed E-state index contributed by atoms with van der Waals surface area (Å²) in [5.74, 6) is -0.839. The van der Waals surface area contributed by atoms with E-state index in [1.807, 2.05) is 0 Å². The Kier molecular flexibility index (Phi) is 2.59. The molecule has 0 aliphatic heterocycles. The normalized spacial score (nSPS) is 9.93. The van der Waals surface area contributed by atoms with Gasteiger partial charge in [-0.15, -0.1) is 0 Å². The summed E-state index contributed by atoms with van der Waals surface area (Å²) in [5.41, 5.74) is 0.461. The number of rotatable bonds is 2. The van der Waals surface area contributed by atoms with Crippen LogP contribution >= 0.6 is 0 Å². The Labute approximate surface area is 87.2 Å². The van der Waals surface area contributed by atoms with E-state index in [9.17, 15) is 9.18 Å². The summed E-state index contributed by atoms with van der Waals surface area (Å²) >= 11 is 0. The molecule has 2 aromatic carbocycles. The summed E-state index contributed by atoms with van der Waals surface area (Å²) in [4.78, 5) is 11.8. The zero-order chi connectivity index (χ0) is 10.7. The first-order valence-corrected chi connectivity index (χ1v) is 4.55. The maximum absolute atomic E-state index is 13.3. The van der Waals surface area contributed by atoms with Crippen molar-refractivity contribution in [2.24, 2.45) is 0 Å². The van der Waals surface area contributed by atoms with Crippen LogP contribution in [0.1, 0.15) is 15.9 Å². The maximum atomic E-state index is 13.3. The quantitative estimate of drug-likeness (QED) is 0.680. The molecule has 2 heteroatoms. The second-order valence-electron chi connectivity index (χ2n) is 3.09. The molecule has 0 aromatic heterocycles. The minimum absolute atomic E-state index is 0.0833. The van der Waals surface area contributed by atoms with Crippen molar-refractivity contribution in [3.8, 4) is 0 Å². The summed E-state index contributed by atoms with van der Waals surface area (Å²) in [6.07, 6.45) is 0. The van der Waals surface area contributed by atoms with Crippen molar-refractivity contribution in [2.75, 3.05) is 0 Å². The molecule has 0 aliphatic rings. The molecular formula is C13H8FO. The average molecular weight is 199 g/mol. The van der Waals surface area contributed by atoms with E-state index in [0.29, 0.717) is 5.56 Å². The largest absolute Gasteiger partial charge is 0.288 e. The van der Waals surface area contributed by atoms with E-state index in [4.69, 9.17) is 0 Å². The number of ketones is 1. The van der Waals surface area contributed by atoms with Crippen LogP contribution in [0.15, 0.2) is 48.5 Å². The summed E-state index contributed by atoms with van der Waals surface area (Å²) in [6.45, 7) is 0. The molecule has 0 unspecified atom stereocenters. The lowest BCUT2D eigenvalue weighted by atomic mass is 10.0. The van der Waals surface area contributed by atoms with E-state index in [1.165, 1.54) is 12.1 Å². The minimum Gasteiger partial charge on any atom is -0.288 e. The predicted octanol–water partition coefficient (Wildman–Crippen LogP) is 2.86. The second-order valence-corrected chi connectivity index (χ2v) is 3.09. The van der Waals surface area contributed by atoms with Crippen molar-refractivity contribution in [1.82, 2.24) is 0 Å². The first-order valence-electron chi connectivity index (χ1n) is 4.55. The maximum Gasteiger partial charge on any atom is 0.196 e.